The molecule has 0 aromatic carbocycles. The van der Waals surface area contributed by atoms with E-state index in [4.69, 9.17) is 11.0 Å². The molecule has 2 aromatic rings. The number of nitriles is 1. The summed E-state index contributed by atoms with van der Waals surface area (Å²) in [6.07, 6.45) is 5.74. The third-order valence-electron chi connectivity index (χ3n) is 4.56. The molecule has 6 nitrogen and oxygen atoms in total. The molecule has 0 aliphatic heterocycles. The van der Waals surface area contributed by atoms with E-state index in [2.05, 4.69) is 20.6 Å². The second kappa shape index (κ2) is 5.93. The number of nitrogens with two attached hydrogens (primary N) is 1. The van der Waals surface area contributed by atoms with Crippen molar-refractivity contribution in [2.24, 2.45) is 5.92 Å². The number of hydrogen-bond acceptors (Lipinski definition) is 5. The highest BCUT2D eigenvalue weighted by atomic mass is 16.3. The van der Waals surface area contributed by atoms with E-state index in [-0.39, 0.29) is 0 Å². The largest absolute Gasteiger partial charge is 0.385 e. The van der Waals surface area contributed by atoms with Crippen LogP contribution in [-0.2, 0) is 0 Å². The molecule has 22 heavy (non-hydrogen) atoms. The van der Waals surface area contributed by atoms with Crippen molar-refractivity contribution in [3.63, 3.8) is 0 Å². The second-order valence-electron chi connectivity index (χ2n) is 6.15. The topological polar surface area (TPSA) is 101 Å². The van der Waals surface area contributed by atoms with Gasteiger partial charge in [-0.25, -0.2) is 9.97 Å². The zero-order valence-corrected chi connectivity index (χ0v) is 12.7. The van der Waals surface area contributed by atoms with Crippen LogP contribution < -0.4 is 5.73 Å². The Morgan fingerprint density at radius 2 is 2.18 bits per heavy atom. The molecule has 3 rings (SSSR count). The average molecular weight is 299 g/mol. The van der Waals surface area contributed by atoms with Crippen LogP contribution in [0.5, 0.6) is 0 Å². The Bertz CT molecular complexity index is 707. The van der Waals surface area contributed by atoms with Gasteiger partial charge in [0, 0.05) is 18.5 Å². The fraction of sp³-hybridized carbons (Fsp3) is 0.562. The van der Waals surface area contributed by atoms with E-state index < -0.39 is 6.10 Å². The summed E-state index contributed by atoms with van der Waals surface area (Å²) in [5, 5.41) is 18.9. The maximum atomic E-state index is 10.1. The minimum Gasteiger partial charge on any atom is -0.385 e. The zero-order chi connectivity index (χ0) is 15.7. The molecule has 1 saturated carbocycles. The van der Waals surface area contributed by atoms with Gasteiger partial charge >= 0.3 is 0 Å². The fourth-order valence-electron chi connectivity index (χ4n) is 3.45. The molecule has 0 bridgehead atoms. The third-order valence-corrected chi connectivity index (χ3v) is 4.56. The average Bonchev–Trinajstić information content (AvgIpc) is 2.87. The van der Waals surface area contributed by atoms with E-state index in [0.29, 0.717) is 30.0 Å². The Labute approximate surface area is 129 Å². The quantitative estimate of drug-likeness (QED) is 0.907. The molecule has 2 aromatic heterocycles. The smallest absolute Gasteiger partial charge is 0.138 e. The zero-order valence-electron chi connectivity index (χ0n) is 12.7. The number of hydrogen-bond donors (Lipinski definition) is 2. The van der Waals surface area contributed by atoms with Crippen molar-refractivity contribution in [1.82, 2.24) is 14.5 Å². The number of aliphatic hydroxyl groups is 1. The molecule has 1 fully saturated rings. The predicted molar refractivity (Wildman–Crippen MR) is 83.8 cm³/mol. The molecule has 1 unspecified atom stereocenters. The molecule has 116 valence electrons. The number of nitrogens with zero attached hydrogens (tertiary/aromatic N) is 4. The maximum Gasteiger partial charge on any atom is 0.138 e. The van der Waals surface area contributed by atoms with Crippen LogP contribution in [0.2, 0.25) is 0 Å². The van der Waals surface area contributed by atoms with E-state index in [1.54, 1.807) is 13.1 Å². The van der Waals surface area contributed by atoms with Gasteiger partial charge in [-0.1, -0.05) is 0 Å². The summed E-state index contributed by atoms with van der Waals surface area (Å²) in [5.41, 5.74) is 7.52. The lowest BCUT2D eigenvalue weighted by Crippen LogP contribution is -2.20. The van der Waals surface area contributed by atoms with Gasteiger partial charge < -0.3 is 15.4 Å². The summed E-state index contributed by atoms with van der Waals surface area (Å²) in [6, 6.07) is 4.40. The lowest BCUT2D eigenvalue weighted by molar-refractivity contribution is 0.175. The standard InChI is InChI=1S/C16H21N5O/c1-10(22)16-20-13-9-19-15(18)8-14(13)21(16)12-4-2-11(3-5-12)6-7-17/h8-12,22H,2-6H2,1H3,(H2,18,19)/t10?,11-,12-. The number of fused-ring (bicyclic) bond motifs is 1. The molecular weight excluding hydrogens is 278 g/mol. The Morgan fingerprint density at radius 1 is 1.45 bits per heavy atom. The molecule has 1 atom stereocenters. The van der Waals surface area contributed by atoms with E-state index in [9.17, 15) is 5.11 Å². The molecular formula is C16H21N5O. The van der Waals surface area contributed by atoms with Crippen molar-refractivity contribution < 1.29 is 5.11 Å². The maximum absolute atomic E-state index is 10.1. The summed E-state index contributed by atoms with van der Waals surface area (Å²) in [4.78, 5) is 8.61. The minimum atomic E-state index is -0.634. The molecule has 0 saturated heterocycles. The molecule has 2 heterocycles. The highest BCUT2D eigenvalue weighted by molar-refractivity contribution is 5.77. The van der Waals surface area contributed by atoms with Crippen molar-refractivity contribution in [3.05, 3.63) is 18.1 Å². The third kappa shape index (κ3) is 2.64. The summed E-state index contributed by atoms with van der Waals surface area (Å²) in [6.45, 7) is 1.73. The Kier molecular flexibility index (Phi) is 3.99. The molecule has 0 amide bonds. The minimum absolute atomic E-state index is 0.298. The van der Waals surface area contributed by atoms with Gasteiger partial charge in [0.1, 0.15) is 23.3 Å². The number of rotatable bonds is 3. The first kappa shape index (κ1) is 14.8. The molecule has 0 radical (unpaired) electrons. The monoisotopic (exact) mass is 299 g/mol. The van der Waals surface area contributed by atoms with Gasteiger partial charge in [0.05, 0.1) is 17.8 Å². The number of aromatic nitrogens is 3. The van der Waals surface area contributed by atoms with Gasteiger partial charge in [0.2, 0.25) is 0 Å². The van der Waals surface area contributed by atoms with Gasteiger partial charge in [-0.15, -0.1) is 0 Å². The lowest BCUT2D eigenvalue weighted by atomic mass is 9.84. The molecule has 0 spiro atoms. The van der Waals surface area contributed by atoms with Gasteiger partial charge in [0.25, 0.3) is 0 Å². The van der Waals surface area contributed by atoms with Gasteiger partial charge in [-0.2, -0.15) is 5.26 Å². The van der Waals surface area contributed by atoms with E-state index >= 15 is 0 Å². The van der Waals surface area contributed by atoms with Crippen molar-refractivity contribution in [3.8, 4) is 6.07 Å². The number of pyridine rings is 1. The molecule has 1 aliphatic carbocycles. The van der Waals surface area contributed by atoms with Gasteiger partial charge in [-0.05, 0) is 38.5 Å². The molecule has 6 heteroatoms. The second-order valence-corrected chi connectivity index (χ2v) is 6.15. The van der Waals surface area contributed by atoms with Gasteiger partial charge in [0.15, 0.2) is 0 Å². The van der Waals surface area contributed by atoms with Crippen molar-refractivity contribution in [2.75, 3.05) is 5.73 Å². The Hall–Kier alpha value is -2.13. The van der Waals surface area contributed by atoms with Crippen molar-refractivity contribution in [1.29, 1.82) is 5.26 Å². The fourth-order valence-corrected chi connectivity index (χ4v) is 3.45. The molecule has 3 N–H and O–H groups in total. The number of anilines is 1. The first-order chi connectivity index (χ1) is 10.6. The van der Waals surface area contributed by atoms with Gasteiger partial charge in [-0.3, -0.25) is 0 Å². The highest BCUT2D eigenvalue weighted by Crippen LogP contribution is 2.37. The SMILES string of the molecule is CC(O)c1nc2cnc(N)cc2n1[C@H]1CC[C@H](CC#N)CC1. The highest BCUT2D eigenvalue weighted by Gasteiger charge is 2.27. The Morgan fingerprint density at radius 3 is 2.82 bits per heavy atom. The van der Waals surface area contributed by atoms with Crippen molar-refractivity contribution >= 4 is 16.9 Å². The van der Waals surface area contributed by atoms with E-state index in [0.717, 1.165) is 36.7 Å². The lowest BCUT2D eigenvalue weighted by Gasteiger charge is -2.30. The first-order valence-electron chi connectivity index (χ1n) is 7.78. The predicted octanol–water partition coefficient (Wildman–Crippen LogP) is 2.71. The van der Waals surface area contributed by atoms with Crippen LogP contribution in [0.3, 0.4) is 0 Å². The Balaban J connectivity index is 1.97. The summed E-state index contributed by atoms with van der Waals surface area (Å²) < 4.78 is 2.13. The van der Waals surface area contributed by atoms with Crippen molar-refractivity contribution in [2.45, 2.75) is 51.2 Å². The molecule has 1 aliphatic rings. The number of imidazole rings is 1. The van der Waals surface area contributed by atoms with Crippen LogP contribution in [-0.4, -0.2) is 19.6 Å². The van der Waals surface area contributed by atoms with Crippen LogP contribution in [0.15, 0.2) is 12.3 Å². The summed E-state index contributed by atoms with van der Waals surface area (Å²) in [5.74, 6) is 1.63. The number of nitrogen functional groups attached to an aromatic ring is 1. The van der Waals surface area contributed by atoms with Crippen LogP contribution in [0, 0.1) is 17.2 Å². The van der Waals surface area contributed by atoms with E-state index in [1.165, 1.54) is 0 Å². The number of aliphatic hydroxyl groups excluding tert-OH is 1. The van der Waals surface area contributed by atoms with Crippen LogP contribution in [0.1, 0.15) is 57.0 Å². The first-order valence-corrected chi connectivity index (χ1v) is 7.78. The van der Waals surface area contributed by atoms with Crippen LogP contribution in [0.4, 0.5) is 5.82 Å². The summed E-state index contributed by atoms with van der Waals surface area (Å²) >= 11 is 0. The van der Waals surface area contributed by atoms with Crippen LogP contribution in [0.25, 0.3) is 11.0 Å². The normalized spacial score (nSPS) is 23.3. The summed E-state index contributed by atoms with van der Waals surface area (Å²) in [7, 11) is 0. The van der Waals surface area contributed by atoms with Crippen LogP contribution >= 0.6 is 0 Å². The van der Waals surface area contributed by atoms with E-state index in [1.807, 2.05) is 6.07 Å².